The Bertz CT molecular complexity index is 165. The molecule has 2 nitrogen and oxygen atoms in total. The van der Waals surface area contributed by atoms with Gasteiger partial charge in [0.2, 0.25) is 0 Å². The minimum atomic E-state index is -0.0148. The summed E-state index contributed by atoms with van der Waals surface area (Å²) in [6.07, 6.45) is 7.41. The third kappa shape index (κ3) is 2.05. The summed E-state index contributed by atoms with van der Waals surface area (Å²) in [6, 6.07) is 1.37. The standard InChI is InChI=1S/C11H21NO/c1-2-8-4-3-5-11(8)12-9-6-10(13)7-9/h8-13H,2-7H2,1H3. The van der Waals surface area contributed by atoms with Crippen LogP contribution in [0.5, 0.6) is 0 Å². The number of nitrogens with one attached hydrogen (secondary N) is 1. The van der Waals surface area contributed by atoms with E-state index in [-0.39, 0.29) is 6.10 Å². The van der Waals surface area contributed by atoms with Crippen LogP contribution in [0.2, 0.25) is 0 Å². The van der Waals surface area contributed by atoms with Crippen molar-refractivity contribution in [2.75, 3.05) is 0 Å². The van der Waals surface area contributed by atoms with Crippen LogP contribution in [0.4, 0.5) is 0 Å². The van der Waals surface area contributed by atoms with Gasteiger partial charge in [-0.3, -0.25) is 0 Å². The summed E-state index contributed by atoms with van der Waals surface area (Å²) in [5.41, 5.74) is 0. The highest BCUT2D eigenvalue weighted by Gasteiger charge is 2.32. The molecule has 0 aromatic heterocycles. The van der Waals surface area contributed by atoms with E-state index in [1.807, 2.05) is 0 Å². The molecule has 2 saturated carbocycles. The van der Waals surface area contributed by atoms with Crippen LogP contribution < -0.4 is 5.32 Å². The van der Waals surface area contributed by atoms with Crippen molar-refractivity contribution in [1.29, 1.82) is 0 Å². The summed E-state index contributed by atoms with van der Waals surface area (Å²) in [5.74, 6) is 0.901. The fourth-order valence-corrected chi connectivity index (χ4v) is 2.77. The zero-order chi connectivity index (χ0) is 9.26. The molecule has 13 heavy (non-hydrogen) atoms. The number of hydrogen-bond donors (Lipinski definition) is 2. The second-order valence-electron chi connectivity index (χ2n) is 4.69. The monoisotopic (exact) mass is 183 g/mol. The Kier molecular flexibility index (Phi) is 2.89. The maximum atomic E-state index is 9.18. The molecule has 0 saturated heterocycles. The van der Waals surface area contributed by atoms with Crippen molar-refractivity contribution in [3.63, 3.8) is 0 Å². The van der Waals surface area contributed by atoms with Crippen molar-refractivity contribution >= 4 is 0 Å². The molecule has 2 rings (SSSR count). The lowest BCUT2D eigenvalue weighted by atomic mass is 9.87. The Hall–Kier alpha value is -0.0800. The zero-order valence-electron chi connectivity index (χ0n) is 8.50. The summed E-state index contributed by atoms with van der Waals surface area (Å²) < 4.78 is 0. The summed E-state index contributed by atoms with van der Waals surface area (Å²) in [4.78, 5) is 0. The van der Waals surface area contributed by atoms with Gasteiger partial charge >= 0.3 is 0 Å². The predicted molar refractivity (Wildman–Crippen MR) is 53.6 cm³/mol. The van der Waals surface area contributed by atoms with Crippen LogP contribution in [0.15, 0.2) is 0 Å². The predicted octanol–water partition coefficient (Wildman–Crippen LogP) is 1.68. The van der Waals surface area contributed by atoms with Gasteiger partial charge in [0.25, 0.3) is 0 Å². The van der Waals surface area contributed by atoms with Crippen LogP contribution in [0, 0.1) is 5.92 Å². The molecule has 2 N–H and O–H groups in total. The quantitative estimate of drug-likeness (QED) is 0.697. The molecule has 2 fully saturated rings. The fraction of sp³-hybridized carbons (Fsp3) is 1.00. The highest BCUT2D eigenvalue weighted by Crippen LogP contribution is 2.30. The molecule has 0 amide bonds. The Balaban J connectivity index is 1.74. The largest absolute Gasteiger partial charge is 0.393 e. The highest BCUT2D eigenvalue weighted by molar-refractivity contribution is 4.91. The Labute approximate surface area is 80.7 Å². The molecular weight excluding hydrogens is 162 g/mol. The molecule has 0 aliphatic heterocycles. The average Bonchev–Trinajstić information content (AvgIpc) is 2.49. The lowest BCUT2D eigenvalue weighted by Crippen LogP contribution is -2.49. The number of rotatable bonds is 3. The van der Waals surface area contributed by atoms with Gasteiger partial charge in [0.15, 0.2) is 0 Å². The first-order chi connectivity index (χ1) is 6.29. The van der Waals surface area contributed by atoms with Crippen molar-refractivity contribution < 1.29 is 5.11 Å². The van der Waals surface area contributed by atoms with Gasteiger partial charge in [0, 0.05) is 12.1 Å². The minimum Gasteiger partial charge on any atom is -0.393 e. The summed E-state index contributed by atoms with van der Waals surface area (Å²) in [5, 5.41) is 12.9. The van der Waals surface area contributed by atoms with Crippen molar-refractivity contribution in [3.8, 4) is 0 Å². The van der Waals surface area contributed by atoms with E-state index in [4.69, 9.17) is 0 Å². The van der Waals surface area contributed by atoms with E-state index in [1.165, 1.54) is 25.7 Å². The minimum absolute atomic E-state index is 0.0148. The first-order valence-corrected chi connectivity index (χ1v) is 5.73. The van der Waals surface area contributed by atoms with Crippen LogP contribution in [-0.4, -0.2) is 23.3 Å². The zero-order valence-corrected chi connectivity index (χ0v) is 8.50. The molecule has 0 bridgehead atoms. The number of aliphatic hydroxyl groups is 1. The average molecular weight is 183 g/mol. The highest BCUT2D eigenvalue weighted by atomic mass is 16.3. The van der Waals surface area contributed by atoms with E-state index in [9.17, 15) is 5.11 Å². The van der Waals surface area contributed by atoms with Crippen molar-refractivity contribution in [1.82, 2.24) is 5.32 Å². The summed E-state index contributed by atoms with van der Waals surface area (Å²) in [6.45, 7) is 2.29. The molecule has 2 unspecified atom stereocenters. The third-order valence-electron chi connectivity index (χ3n) is 3.75. The molecule has 2 aliphatic carbocycles. The van der Waals surface area contributed by atoms with Crippen molar-refractivity contribution in [2.24, 2.45) is 5.92 Å². The molecule has 2 aliphatic rings. The normalized spacial score (nSPS) is 44.8. The van der Waals surface area contributed by atoms with Crippen LogP contribution in [0.25, 0.3) is 0 Å². The molecule has 2 atom stereocenters. The molecule has 0 aromatic rings. The first-order valence-electron chi connectivity index (χ1n) is 5.73. The van der Waals surface area contributed by atoms with Gasteiger partial charge < -0.3 is 10.4 Å². The SMILES string of the molecule is CCC1CCCC1NC1CC(O)C1. The molecular formula is C11H21NO. The lowest BCUT2D eigenvalue weighted by Gasteiger charge is -2.36. The van der Waals surface area contributed by atoms with E-state index in [0.29, 0.717) is 6.04 Å². The van der Waals surface area contributed by atoms with E-state index >= 15 is 0 Å². The number of hydrogen-bond acceptors (Lipinski definition) is 2. The van der Waals surface area contributed by atoms with Crippen molar-refractivity contribution in [3.05, 3.63) is 0 Å². The Morgan fingerprint density at radius 3 is 2.69 bits per heavy atom. The molecule has 0 radical (unpaired) electrons. The third-order valence-corrected chi connectivity index (χ3v) is 3.75. The second-order valence-corrected chi connectivity index (χ2v) is 4.69. The van der Waals surface area contributed by atoms with E-state index < -0.39 is 0 Å². The molecule has 0 aromatic carbocycles. The summed E-state index contributed by atoms with van der Waals surface area (Å²) >= 11 is 0. The smallest absolute Gasteiger partial charge is 0.0570 e. The van der Waals surface area contributed by atoms with Gasteiger partial charge in [-0.05, 0) is 31.6 Å². The van der Waals surface area contributed by atoms with Gasteiger partial charge in [0.1, 0.15) is 0 Å². The first kappa shape index (κ1) is 9.47. The van der Waals surface area contributed by atoms with E-state index in [0.717, 1.165) is 24.8 Å². The van der Waals surface area contributed by atoms with Crippen molar-refractivity contribution in [2.45, 2.75) is 63.6 Å². The molecule has 76 valence electrons. The van der Waals surface area contributed by atoms with Gasteiger partial charge in [-0.2, -0.15) is 0 Å². The summed E-state index contributed by atoms with van der Waals surface area (Å²) in [7, 11) is 0. The van der Waals surface area contributed by atoms with Crippen LogP contribution in [0.1, 0.15) is 45.4 Å². The van der Waals surface area contributed by atoms with Gasteiger partial charge in [-0.1, -0.05) is 19.8 Å². The molecule has 0 spiro atoms. The van der Waals surface area contributed by atoms with Gasteiger partial charge in [-0.25, -0.2) is 0 Å². The fourth-order valence-electron chi connectivity index (χ4n) is 2.77. The van der Waals surface area contributed by atoms with E-state index in [2.05, 4.69) is 12.2 Å². The maximum absolute atomic E-state index is 9.18. The lowest BCUT2D eigenvalue weighted by molar-refractivity contribution is 0.0552. The molecule has 2 heteroatoms. The van der Waals surface area contributed by atoms with Crippen LogP contribution in [0.3, 0.4) is 0 Å². The Morgan fingerprint density at radius 1 is 1.31 bits per heavy atom. The topological polar surface area (TPSA) is 32.3 Å². The van der Waals surface area contributed by atoms with Crippen LogP contribution in [-0.2, 0) is 0 Å². The maximum Gasteiger partial charge on any atom is 0.0570 e. The Morgan fingerprint density at radius 2 is 2.08 bits per heavy atom. The second kappa shape index (κ2) is 3.97. The number of aliphatic hydroxyl groups excluding tert-OH is 1. The molecule has 0 heterocycles. The van der Waals surface area contributed by atoms with E-state index in [1.54, 1.807) is 0 Å². The van der Waals surface area contributed by atoms with Gasteiger partial charge in [-0.15, -0.1) is 0 Å². The van der Waals surface area contributed by atoms with Crippen LogP contribution >= 0.6 is 0 Å². The van der Waals surface area contributed by atoms with Gasteiger partial charge in [0.05, 0.1) is 6.10 Å².